The number of phenols is 1. The maximum Gasteiger partial charge on any atom is 0.139 e. The average molecular weight is 278 g/mol. The minimum atomic E-state index is -0.269. The van der Waals surface area contributed by atoms with E-state index in [1.54, 1.807) is 6.92 Å². The van der Waals surface area contributed by atoms with Gasteiger partial charge in [-0.05, 0) is 57.3 Å². The first-order chi connectivity index (χ1) is 9.61. The van der Waals surface area contributed by atoms with E-state index in [2.05, 4.69) is 10.2 Å². The Bertz CT molecular complexity index is 505. The Morgan fingerprint density at radius 2 is 2.00 bits per heavy atom. The van der Waals surface area contributed by atoms with Gasteiger partial charge in [-0.1, -0.05) is 6.42 Å². The first-order valence-corrected chi connectivity index (χ1v) is 7.59. The van der Waals surface area contributed by atoms with Crippen LogP contribution in [0.1, 0.15) is 37.7 Å². The van der Waals surface area contributed by atoms with Crippen molar-refractivity contribution in [1.82, 2.24) is 4.90 Å². The highest BCUT2D eigenvalue weighted by molar-refractivity contribution is 5.57. The van der Waals surface area contributed by atoms with E-state index < -0.39 is 0 Å². The van der Waals surface area contributed by atoms with E-state index in [-0.39, 0.29) is 17.1 Å². The smallest absolute Gasteiger partial charge is 0.139 e. The lowest BCUT2D eigenvalue weighted by molar-refractivity contribution is 0.102. The van der Waals surface area contributed by atoms with Crippen LogP contribution >= 0.6 is 0 Å². The zero-order valence-corrected chi connectivity index (χ0v) is 12.1. The first kappa shape index (κ1) is 13.7. The number of aromatic hydroxyl groups is 1. The molecule has 0 aromatic heterocycles. The summed E-state index contributed by atoms with van der Waals surface area (Å²) in [6.45, 7) is 4.81. The van der Waals surface area contributed by atoms with Crippen molar-refractivity contribution in [2.24, 2.45) is 0 Å². The Hall–Kier alpha value is -1.29. The van der Waals surface area contributed by atoms with Crippen LogP contribution in [0.3, 0.4) is 0 Å². The van der Waals surface area contributed by atoms with Gasteiger partial charge in [0.05, 0.1) is 5.69 Å². The van der Waals surface area contributed by atoms with Crippen LogP contribution in [0.15, 0.2) is 12.1 Å². The summed E-state index contributed by atoms with van der Waals surface area (Å²) in [6.07, 6.45) is 6.21. The molecule has 0 spiro atoms. The van der Waals surface area contributed by atoms with Gasteiger partial charge >= 0.3 is 0 Å². The molecule has 0 aliphatic carbocycles. The van der Waals surface area contributed by atoms with Gasteiger partial charge in [0.25, 0.3) is 0 Å². The molecule has 1 atom stereocenters. The third-order valence-corrected chi connectivity index (χ3v) is 4.95. The molecule has 4 heteroatoms. The van der Waals surface area contributed by atoms with Crippen molar-refractivity contribution in [2.45, 2.75) is 44.6 Å². The fourth-order valence-corrected chi connectivity index (χ4v) is 3.74. The van der Waals surface area contributed by atoms with Crippen molar-refractivity contribution in [3.05, 3.63) is 23.5 Å². The summed E-state index contributed by atoms with van der Waals surface area (Å²) >= 11 is 0. The van der Waals surface area contributed by atoms with Crippen LogP contribution in [0.25, 0.3) is 0 Å². The minimum Gasteiger partial charge on any atom is -0.506 e. The van der Waals surface area contributed by atoms with Crippen molar-refractivity contribution in [3.63, 3.8) is 0 Å². The van der Waals surface area contributed by atoms with E-state index in [0.717, 1.165) is 6.54 Å². The molecule has 2 fully saturated rings. The highest BCUT2D eigenvalue weighted by Gasteiger charge is 2.41. The normalized spacial score (nSPS) is 26.5. The van der Waals surface area contributed by atoms with Gasteiger partial charge in [0.15, 0.2) is 0 Å². The lowest BCUT2D eigenvalue weighted by Crippen LogP contribution is -2.51. The second kappa shape index (κ2) is 5.24. The summed E-state index contributed by atoms with van der Waals surface area (Å²) in [5.74, 6) is -0.129. The summed E-state index contributed by atoms with van der Waals surface area (Å²) in [5, 5.41) is 13.2. The summed E-state index contributed by atoms with van der Waals surface area (Å²) in [5.41, 5.74) is 1.21. The molecule has 2 heterocycles. The molecule has 1 aromatic carbocycles. The summed E-state index contributed by atoms with van der Waals surface area (Å²) in [4.78, 5) is 2.57. The van der Waals surface area contributed by atoms with Crippen molar-refractivity contribution in [1.29, 1.82) is 0 Å². The topological polar surface area (TPSA) is 35.5 Å². The quantitative estimate of drug-likeness (QED) is 0.833. The Kier molecular flexibility index (Phi) is 3.59. The standard InChI is InChI=1S/C16H23FN2O/c1-12-9-15(20)14(10-13(12)17)18-11-16-5-2-3-7-19(16)8-4-6-16/h9-10,18,20H,2-8,11H2,1H3. The van der Waals surface area contributed by atoms with Crippen LogP contribution in [-0.4, -0.2) is 35.2 Å². The predicted octanol–water partition coefficient (Wildman–Crippen LogP) is 3.27. The molecule has 0 amide bonds. The maximum atomic E-state index is 13.6. The number of benzene rings is 1. The van der Waals surface area contributed by atoms with Gasteiger partial charge in [0, 0.05) is 18.2 Å². The Balaban J connectivity index is 1.74. The fraction of sp³-hybridized carbons (Fsp3) is 0.625. The van der Waals surface area contributed by atoms with E-state index in [4.69, 9.17) is 0 Å². The number of anilines is 1. The lowest BCUT2D eigenvalue weighted by atomic mass is 9.86. The minimum absolute atomic E-state index is 0.139. The molecule has 2 aliphatic heterocycles. The maximum absolute atomic E-state index is 13.6. The van der Waals surface area contributed by atoms with E-state index in [1.807, 2.05) is 0 Å². The van der Waals surface area contributed by atoms with Gasteiger partial charge in [-0.2, -0.15) is 0 Å². The van der Waals surface area contributed by atoms with E-state index >= 15 is 0 Å². The lowest BCUT2D eigenvalue weighted by Gasteiger charge is -2.42. The molecule has 0 saturated carbocycles. The molecule has 0 radical (unpaired) electrons. The predicted molar refractivity (Wildman–Crippen MR) is 78.7 cm³/mol. The third-order valence-electron chi connectivity index (χ3n) is 4.95. The second-order valence-corrected chi connectivity index (χ2v) is 6.24. The van der Waals surface area contributed by atoms with Crippen molar-refractivity contribution < 1.29 is 9.50 Å². The van der Waals surface area contributed by atoms with Crippen molar-refractivity contribution >= 4 is 5.69 Å². The van der Waals surface area contributed by atoms with Gasteiger partial charge in [0.2, 0.25) is 0 Å². The molecule has 2 saturated heterocycles. The Labute approximate surface area is 119 Å². The Morgan fingerprint density at radius 1 is 1.25 bits per heavy atom. The van der Waals surface area contributed by atoms with Crippen LogP contribution in [0.4, 0.5) is 10.1 Å². The van der Waals surface area contributed by atoms with Crippen molar-refractivity contribution in [3.8, 4) is 5.75 Å². The van der Waals surface area contributed by atoms with E-state index in [1.165, 1.54) is 57.3 Å². The number of fused-ring (bicyclic) bond motifs is 1. The van der Waals surface area contributed by atoms with Crippen LogP contribution < -0.4 is 5.32 Å². The summed E-state index contributed by atoms with van der Waals surface area (Å²) < 4.78 is 13.6. The summed E-state index contributed by atoms with van der Waals surface area (Å²) in [6, 6.07) is 2.89. The molecular formula is C16H23FN2O. The van der Waals surface area contributed by atoms with Crippen LogP contribution in [0, 0.1) is 12.7 Å². The molecule has 0 bridgehead atoms. The van der Waals surface area contributed by atoms with Gasteiger partial charge in [-0.15, -0.1) is 0 Å². The van der Waals surface area contributed by atoms with E-state index in [0.29, 0.717) is 11.3 Å². The molecule has 20 heavy (non-hydrogen) atoms. The number of phenolic OH excluding ortho intramolecular Hbond substituents is 1. The van der Waals surface area contributed by atoms with E-state index in [9.17, 15) is 9.50 Å². The molecule has 1 aromatic rings. The first-order valence-electron chi connectivity index (χ1n) is 7.59. The Morgan fingerprint density at radius 3 is 2.85 bits per heavy atom. The molecular weight excluding hydrogens is 255 g/mol. The number of aryl methyl sites for hydroxylation is 1. The van der Waals surface area contributed by atoms with Crippen LogP contribution in [0.2, 0.25) is 0 Å². The SMILES string of the molecule is Cc1cc(O)c(NCC23CCCCN2CCC3)cc1F. The zero-order valence-electron chi connectivity index (χ0n) is 12.1. The van der Waals surface area contributed by atoms with Gasteiger partial charge in [-0.25, -0.2) is 4.39 Å². The largest absolute Gasteiger partial charge is 0.506 e. The van der Waals surface area contributed by atoms with Crippen LogP contribution in [0.5, 0.6) is 5.75 Å². The third kappa shape index (κ3) is 2.37. The number of nitrogens with zero attached hydrogens (tertiary/aromatic N) is 1. The second-order valence-electron chi connectivity index (χ2n) is 6.24. The molecule has 110 valence electrons. The molecule has 1 unspecified atom stereocenters. The zero-order chi connectivity index (χ0) is 14.2. The molecule has 2 aliphatic rings. The number of rotatable bonds is 3. The molecule has 3 nitrogen and oxygen atoms in total. The summed E-state index contributed by atoms with van der Waals surface area (Å²) in [7, 11) is 0. The molecule has 2 N–H and O–H groups in total. The fourth-order valence-electron chi connectivity index (χ4n) is 3.74. The van der Waals surface area contributed by atoms with Crippen LogP contribution in [-0.2, 0) is 0 Å². The highest BCUT2D eigenvalue weighted by Crippen LogP contribution is 2.38. The molecule has 3 rings (SSSR count). The van der Waals surface area contributed by atoms with Crippen molar-refractivity contribution in [2.75, 3.05) is 25.0 Å². The number of hydrogen-bond acceptors (Lipinski definition) is 3. The number of hydrogen-bond donors (Lipinski definition) is 2. The van der Waals surface area contributed by atoms with Gasteiger partial charge < -0.3 is 10.4 Å². The monoisotopic (exact) mass is 278 g/mol. The van der Waals surface area contributed by atoms with Gasteiger partial charge in [-0.3, -0.25) is 4.90 Å². The van der Waals surface area contributed by atoms with Gasteiger partial charge in [0.1, 0.15) is 11.6 Å². The average Bonchev–Trinajstić information content (AvgIpc) is 2.85. The highest BCUT2D eigenvalue weighted by atomic mass is 19.1. The number of piperidine rings is 1. The number of nitrogens with one attached hydrogen (secondary N) is 1. The number of halogens is 1.